The molecule has 2 heterocycles. The topological polar surface area (TPSA) is 48.1 Å². The Morgan fingerprint density at radius 2 is 2.05 bits per heavy atom. The van der Waals surface area contributed by atoms with Crippen LogP contribution in [0.5, 0.6) is 0 Å². The molecule has 0 saturated heterocycles. The van der Waals surface area contributed by atoms with E-state index in [0.717, 1.165) is 48.9 Å². The summed E-state index contributed by atoms with van der Waals surface area (Å²) in [5.74, 6) is 1.28. The zero-order chi connectivity index (χ0) is 15.4. The average molecular weight is 314 g/mol. The molecule has 118 valence electrons. The zero-order valence-corrected chi connectivity index (χ0v) is 14.0. The first-order valence-electron chi connectivity index (χ1n) is 7.29. The fraction of sp³-hybridized carbons (Fsp3) is 0.714. The van der Waals surface area contributed by atoms with Crippen molar-refractivity contribution in [3.05, 3.63) is 11.5 Å². The van der Waals surface area contributed by atoms with E-state index in [4.69, 9.17) is 16.3 Å². The Morgan fingerprint density at radius 3 is 2.67 bits per heavy atom. The van der Waals surface area contributed by atoms with Gasteiger partial charge in [0.2, 0.25) is 0 Å². The first kappa shape index (κ1) is 16.3. The van der Waals surface area contributed by atoms with Crippen LogP contribution in [0.25, 0.3) is 11.2 Å². The molecule has 0 aromatic carbocycles. The first-order chi connectivity index (χ1) is 10.1. The monoisotopic (exact) mass is 313 g/mol. The molecule has 0 fully saturated rings. The number of ether oxygens (including phenoxy) is 1. The molecule has 0 bridgehead atoms. The molecule has 0 saturated carbocycles. The van der Waals surface area contributed by atoms with Crippen molar-refractivity contribution in [3.63, 3.8) is 0 Å². The van der Waals surface area contributed by atoms with Crippen LogP contribution in [0.4, 0.5) is 0 Å². The number of fused-ring (bicyclic) bond motifs is 1. The highest BCUT2D eigenvalue weighted by Crippen LogP contribution is 2.20. The van der Waals surface area contributed by atoms with Crippen molar-refractivity contribution in [1.82, 2.24) is 24.2 Å². The molecule has 0 amide bonds. The van der Waals surface area contributed by atoms with Gasteiger partial charge in [-0.25, -0.2) is 9.67 Å². The van der Waals surface area contributed by atoms with Gasteiger partial charge >= 0.3 is 0 Å². The van der Waals surface area contributed by atoms with Crippen LogP contribution in [0, 0.1) is 6.92 Å². The van der Waals surface area contributed by atoms with Gasteiger partial charge < -0.3 is 14.2 Å². The van der Waals surface area contributed by atoms with Gasteiger partial charge in [0.25, 0.3) is 0 Å². The maximum Gasteiger partial charge on any atom is 0.159 e. The summed E-state index contributed by atoms with van der Waals surface area (Å²) < 4.78 is 9.79. The molecule has 21 heavy (non-hydrogen) atoms. The van der Waals surface area contributed by atoms with Crippen molar-refractivity contribution in [2.24, 2.45) is 0 Å². The maximum absolute atomic E-state index is 6.03. The van der Waals surface area contributed by atoms with Gasteiger partial charge in [-0.1, -0.05) is 0 Å². The minimum Gasteiger partial charge on any atom is -0.378 e. The van der Waals surface area contributed by atoms with E-state index in [1.165, 1.54) is 0 Å². The first-order valence-corrected chi connectivity index (χ1v) is 7.82. The molecule has 0 aliphatic carbocycles. The third-order valence-electron chi connectivity index (χ3n) is 3.44. The van der Waals surface area contributed by atoms with Crippen molar-refractivity contribution in [2.45, 2.75) is 32.8 Å². The van der Waals surface area contributed by atoms with Gasteiger partial charge in [0.05, 0.1) is 24.8 Å². The number of aryl methyl sites for hydroxylation is 2. The third kappa shape index (κ3) is 3.56. The Kier molecular flexibility index (Phi) is 5.61. The lowest BCUT2D eigenvalue weighted by molar-refractivity contribution is 0.111. The molecular weight excluding hydrogens is 290 g/mol. The number of alkyl halides is 1. The Hall–Kier alpha value is -1.11. The largest absolute Gasteiger partial charge is 0.378 e. The molecule has 2 rings (SSSR count). The van der Waals surface area contributed by atoms with Crippen molar-refractivity contribution >= 4 is 22.8 Å². The van der Waals surface area contributed by atoms with Gasteiger partial charge in [-0.05, 0) is 27.9 Å². The molecule has 2 aromatic rings. The molecule has 0 atom stereocenters. The number of imidazole rings is 1. The van der Waals surface area contributed by atoms with Gasteiger partial charge in [-0.3, -0.25) is 0 Å². The molecule has 0 aliphatic rings. The van der Waals surface area contributed by atoms with E-state index < -0.39 is 0 Å². The number of rotatable bonds is 8. The van der Waals surface area contributed by atoms with Crippen LogP contribution < -0.4 is 0 Å². The third-order valence-corrected chi connectivity index (χ3v) is 3.68. The van der Waals surface area contributed by atoms with Gasteiger partial charge in [-0.15, -0.1) is 11.6 Å². The molecule has 0 aliphatic heterocycles. The van der Waals surface area contributed by atoms with E-state index in [2.05, 4.69) is 26.5 Å². The highest BCUT2D eigenvalue weighted by Gasteiger charge is 2.17. The minimum atomic E-state index is 0.398. The molecule has 0 radical (unpaired) electrons. The molecule has 7 heteroatoms. The lowest BCUT2D eigenvalue weighted by Crippen LogP contribution is -2.19. The van der Waals surface area contributed by atoms with Crippen LogP contribution in [0.1, 0.15) is 18.4 Å². The summed E-state index contributed by atoms with van der Waals surface area (Å²) in [6.07, 6.45) is 0. The van der Waals surface area contributed by atoms with E-state index in [-0.39, 0.29) is 0 Å². The van der Waals surface area contributed by atoms with Crippen molar-refractivity contribution in [2.75, 3.05) is 33.9 Å². The van der Waals surface area contributed by atoms with Crippen molar-refractivity contribution in [1.29, 1.82) is 0 Å². The Balaban J connectivity index is 2.13. The van der Waals surface area contributed by atoms with Gasteiger partial charge in [-0.2, -0.15) is 5.10 Å². The lowest BCUT2D eigenvalue weighted by Gasteiger charge is -2.12. The van der Waals surface area contributed by atoms with Crippen LogP contribution in [0.3, 0.4) is 0 Å². The standard InChI is InChI=1S/C14H24ClN5O/c1-5-20-14-13(11(2)17-20)16-12(10-15)19(14)7-9-21-8-6-18(3)4/h5-10H2,1-4H3. The number of halogens is 1. The van der Waals surface area contributed by atoms with E-state index in [1.807, 2.05) is 25.7 Å². The predicted octanol–water partition coefficient (Wildman–Crippen LogP) is 1.88. The van der Waals surface area contributed by atoms with Crippen molar-refractivity contribution in [3.8, 4) is 0 Å². The smallest absolute Gasteiger partial charge is 0.159 e. The second-order valence-corrected chi connectivity index (χ2v) is 5.57. The summed E-state index contributed by atoms with van der Waals surface area (Å²) in [5, 5.41) is 4.51. The van der Waals surface area contributed by atoms with Crippen LogP contribution in [-0.4, -0.2) is 58.1 Å². The lowest BCUT2D eigenvalue weighted by atomic mass is 10.4. The second kappa shape index (κ2) is 7.24. The Morgan fingerprint density at radius 1 is 1.29 bits per heavy atom. The summed E-state index contributed by atoms with van der Waals surface area (Å²) in [4.78, 5) is 6.72. The summed E-state index contributed by atoms with van der Waals surface area (Å²) in [6, 6.07) is 0. The molecule has 2 aromatic heterocycles. The van der Waals surface area contributed by atoms with E-state index in [1.54, 1.807) is 0 Å². The van der Waals surface area contributed by atoms with Crippen LogP contribution in [-0.2, 0) is 23.7 Å². The van der Waals surface area contributed by atoms with Crippen LogP contribution >= 0.6 is 11.6 Å². The molecule has 0 spiro atoms. The minimum absolute atomic E-state index is 0.398. The predicted molar refractivity (Wildman–Crippen MR) is 84.9 cm³/mol. The fourth-order valence-electron chi connectivity index (χ4n) is 2.33. The maximum atomic E-state index is 6.03. The van der Waals surface area contributed by atoms with Crippen LogP contribution in [0.2, 0.25) is 0 Å². The van der Waals surface area contributed by atoms with E-state index in [9.17, 15) is 0 Å². The number of nitrogens with zero attached hydrogens (tertiary/aromatic N) is 5. The highest BCUT2D eigenvalue weighted by atomic mass is 35.5. The normalized spacial score (nSPS) is 11.9. The fourth-order valence-corrected chi connectivity index (χ4v) is 2.54. The van der Waals surface area contributed by atoms with Crippen LogP contribution in [0.15, 0.2) is 0 Å². The van der Waals surface area contributed by atoms with Crippen molar-refractivity contribution < 1.29 is 4.74 Å². The van der Waals surface area contributed by atoms with Gasteiger partial charge in [0.15, 0.2) is 5.65 Å². The summed E-state index contributed by atoms with van der Waals surface area (Å²) >= 11 is 6.03. The number of likely N-dealkylation sites (N-methyl/N-ethyl adjacent to an activating group) is 1. The summed E-state index contributed by atoms with van der Waals surface area (Å²) in [7, 11) is 4.08. The number of hydrogen-bond acceptors (Lipinski definition) is 4. The highest BCUT2D eigenvalue weighted by molar-refractivity contribution is 6.16. The number of aromatic nitrogens is 4. The van der Waals surface area contributed by atoms with Gasteiger partial charge in [0.1, 0.15) is 11.3 Å². The quantitative estimate of drug-likeness (QED) is 0.551. The molecular formula is C14H24ClN5O. The molecule has 0 unspecified atom stereocenters. The molecule has 0 N–H and O–H groups in total. The SMILES string of the molecule is CCn1nc(C)c2nc(CCl)n(CCOCCN(C)C)c21. The van der Waals surface area contributed by atoms with E-state index >= 15 is 0 Å². The summed E-state index contributed by atoms with van der Waals surface area (Å²) in [6.45, 7) is 7.93. The second-order valence-electron chi connectivity index (χ2n) is 5.30. The zero-order valence-electron chi connectivity index (χ0n) is 13.3. The van der Waals surface area contributed by atoms with Gasteiger partial charge in [0, 0.05) is 19.6 Å². The summed E-state index contributed by atoms with van der Waals surface area (Å²) in [5.41, 5.74) is 2.94. The number of hydrogen-bond donors (Lipinski definition) is 0. The molecule has 6 nitrogen and oxygen atoms in total. The Bertz CT molecular complexity index is 590. The Labute approximate surface area is 130 Å². The average Bonchev–Trinajstić information content (AvgIpc) is 2.96. The van der Waals surface area contributed by atoms with E-state index in [0.29, 0.717) is 12.5 Å².